The van der Waals surface area contributed by atoms with Gasteiger partial charge >= 0.3 is 5.97 Å². The van der Waals surface area contributed by atoms with Gasteiger partial charge in [-0.1, -0.05) is 12.1 Å². The summed E-state index contributed by atoms with van der Waals surface area (Å²) in [5.41, 5.74) is -0.785. The molecule has 0 aliphatic heterocycles. The second-order valence-electron chi connectivity index (χ2n) is 4.53. The third-order valence-corrected chi connectivity index (χ3v) is 4.63. The van der Waals surface area contributed by atoms with Crippen LogP contribution in [0.1, 0.15) is 12.8 Å². The molecule has 0 unspecified atom stereocenters. The molecule has 0 radical (unpaired) electrons. The average molecular weight is 287 g/mol. The number of carbonyl (C=O) groups excluding carboxylic acids is 1. The summed E-state index contributed by atoms with van der Waals surface area (Å²) in [5, 5.41) is 0. The first kappa shape index (κ1) is 14.0. The van der Waals surface area contributed by atoms with Crippen LogP contribution in [-0.4, -0.2) is 28.0 Å². The Labute approximate surface area is 110 Å². The van der Waals surface area contributed by atoms with Gasteiger partial charge in [0.1, 0.15) is 10.7 Å². The summed E-state index contributed by atoms with van der Waals surface area (Å²) in [4.78, 5) is 11.1. The summed E-state index contributed by atoms with van der Waals surface area (Å²) in [7, 11) is -2.70. The molecule has 0 amide bonds. The maximum absolute atomic E-state index is 13.4. The zero-order chi connectivity index (χ0) is 14.1. The van der Waals surface area contributed by atoms with Crippen LogP contribution in [0.2, 0.25) is 0 Å². The number of benzene rings is 1. The van der Waals surface area contributed by atoms with Crippen LogP contribution in [0.5, 0.6) is 0 Å². The smallest absolute Gasteiger partial charge is 0.313 e. The maximum atomic E-state index is 13.4. The first-order chi connectivity index (χ1) is 8.91. The molecular formula is C12H14FNO4S. The maximum Gasteiger partial charge on any atom is 0.313 e. The van der Waals surface area contributed by atoms with E-state index in [4.69, 9.17) is 0 Å². The van der Waals surface area contributed by atoms with Crippen molar-refractivity contribution in [2.24, 2.45) is 5.41 Å². The number of sulfonamides is 1. The van der Waals surface area contributed by atoms with Gasteiger partial charge in [-0.25, -0.2) is 17.5 Å². The second kappa shape index (κ2) is 4.90. The summed E-state index contributed by atoms with van der Waals surface area (Å²) in [6.07, 6.45) is 1.14. The topological polar surface area (TPSA) is 72.5 Å². The van der Waals surface area contributed by atoms with Gasteiger partial charge in [-0.2, -0.15) is 0 Å². The van der Waals surface area contributed by atoms with Crippen LogP contribution in [0, 0.1) is 11.2 Å². The van der Waals surface area contributed by atoms with Gasteiger partial charge < -0.3 is 4.74 Å². The molecule has 2 rings (SSSR count). The highest BCUT2D eigenvalue weighted by Crippen LogP contribution is 2.46. The number of halogens is 1. The van der Waals surface area contributed by atoms with E-state index in [0.29, 0.717) is 12.8 Å². The molecule has 104 valence electrons. The SMILES string of the molecule is COC(=O)C1(CNS(=O)(=O)c2ccccc2F)CC1. The van der Waals surface area contributed by atoms with Crippen molar-refractivity contribution in [3.05, 3.63) is 30.1 Å². The van der Waals surface area contributed by atoms with E-state index in [1.54, 1.807) is 0 Å². The summed E-state index contributed by atoms with van der Waals surface area (Å²) in [5.74, 6) is -1.26. The van der Waals surface area contributed by atoms with E-state index in [-0.39, 0.29) is 6.54 Å². The van der Waals surface area contributed by atoms with Crippen LogP contribution in [0.15, 0.2) is 29.2 Å². The molecule has 1 N–H and O–H groups in total. The van der Waals surface area contributed by atoms with Crippen molar-refractivity contribution in [2.75, 3.05) is 13.7 Å². The average Bonchev–Trinajstić information content (AvgIpc) is 3.17. The van der Waals surface area contributed by atoms with Crippen LogP contribution in [-0.2, 0) is 19.6 Å². The molecule has 0 saturated heterocycles. The predicted molar refractivity (Wildman–Crippen MR) is 65.3 cm³/mol. The van der Waals surface area contributed by atoms with E-state index in [0.717, 1.165) is 6.07 Å². The third-order valence-electron chi connectivity index (χ3n) is 3.20. The molecule has 0 bridgehead atoms. The molecule has 0 atom stereocenters. The van der Waals surface area contributed by atoms with Crippen LogP contribution in [0.3, 0.4) is 0 Å². The van der Waals surface area contributed by atoms with Crippen molar-refractivity contribution in [2.45, 2.75) is 17.7 Å². The molecular weight excluding hydrogens is 273 g/mol. The molecule has 1 saturated carbocycles. The van der Waals surface area contributed by atoms with Gasteiger partial charge in [0.2, 0.25) is 10.0 Å². The van der Waals surface area contributed by atoms with Gasteiger partial charge in [0, 0.05) is 6.54 Å². The van der Waals surface area contributed by atoms with Crippen LogP contribution >= 0.6 is 0 Å². The van der Waals surface area contributed by atoms with E-state index in [2.05, 4.69) is 9.46 Å². The molecule has 1 aromatic rings. The molecule has 1 aliphatic rings. The van der Waals surface area contributed by atoms with Crippen molar-refractivity contribution in [1.29, 1.82) is 0 Å². The van der Waals surface area contributed by atoms with Crippen molar-refractivity contribution in [3.63, 3.8) is 0 Å². The van der Waals surface area contributed by atoms with Gasteiger partial charge in [0.25, 0.3) is 0 Å². The lowest BCUT2D eigenvalue weighted by atomic mass is 10.1. The Bertz CT molecular complexity index is 596. The number of hydrogen-bond donors (Lipinski definition) is 1. The second-order valence-corrected chi connectivity index (χ2v) is 6.26. The van der Waals surface area contributed by atoms with E-state index in [1.165, 1.54) is 25.3 Å². The Kier molecular flexibility index (Phi) is 3.60. The Hall–Kier alpha value is -1.47. The molecule has 19 heavy (non-hydrogen) atoms. The number of hydrogen-bond acceptors (Lipinski definition) is 4. The number of methoxy groups -OCH3 is 1. The van der Waals surface area contributed by atoms with Gasteiger partial charge in [-0.15, -0.1) is 0 Å². The summed E-state index contributed by atoms with van der Waals surface area (Å²) < 4.78 is 44.2. The zero-order valence-corrected chi connectivity index (χ0v) is 11.2. The van der Waals surface area contributed by atoms with Crippen molar-refractivity contribution >= 4 is 16.0 Å². The largest absolute Gasteiger partial charge is 0.469 e. The monoisotopic (exact) mass is 287 g/mol. The number of carbonyl (C=O) groups is 1. The standard InChI is InChI=1S/C12H14FNO4S/c1-18-11(15)12(6-7-12)8-14-19(16,17)10-5-3-2-4-9(10)13/h2-5,14H,6-8H2,1H3. The Morgan fingerprint density at radius 2 is 2.05 bits per heavy atom. The Balaban J connectivity index is 2.12. The molecule has 0 aromatic heterocycles. The molecule has 0 heterocycles. The fraction of sp³-hybridized carbons (Fsp3) is 0.417. The lowest BCUT2D eigenvalue weighted by Crippen LogP contribution is -2.35. The minimum absolute atomic E-state index is 0.0731. The highest BCUT2D eigenvalue weighted by molar-refractivity contribution is 7.89. The molecule has 0 spiro atoms. The molecule has 5 nitrogen and oxygen atoms in total. The molecule has 7 heteroatoms. The molecule has 1 aromatic carbocycles. The lowest BCUT2D eigenvalue weighted by molar-refractivity contribution is -0.146. The number of nitrogens with one attached hydrogen (secondary N) is 1. The fourth-order valence-electron chi connectivity index (χ4n) is 1.79. The van der Waals surface area contributed by atoms with Gasteiger partial charge in [0.15, 0.2) is 0 Å². The van der Waals surface area contributed by atoms with Crippen LogP contribution in [0.25, 0.3) is 0 Å². The van der Waals surface area contributed by atoms with E-state index >= 15 is 0 Å². The van der Waals surface area contributed by atoms with Crippen LogP contribution < -0.4 is 4.72 Å². The van der Waals surface area contributed by atoms with E-state index in [9.17, 15) is 17.6 Å². The Morgan fingerprint density at radius 1 is 1.42 bits per heavy atom. The van der Waals surface area contributed by atoms with Crippen molar-refractivity contribution in [3.8, 4) is 0 Å². The fourth-order valence-corrected chi connectivity index (χ4v) is 3.00. The van der Waals surface area contributed by atoms with Crippen molar-refractivity contribution in [1.82, 2.24) is 4.72 Å². The highest BCUT2D eigenvalue weighted by atomic mass is 32.2. The number of ether oxygens (including phenoxy) is 1. The van der Waals surface area contributed by atoms with Gasteiger partial charge in [0.05, 0.1) is 12.5 Å². The van der Waals surface area contributed by atoms with Crippen LogP contribution in [0.4, 0.5) is 4.39 Å². The number of rotatable bonds is 5. The lowest BCUT2D eigenvalue weighted by Gasteiger charge is -2.14. The van der Waals surface area contributed by atoms with E-state index in [1.807, 2.05) is 0 Å². The van der Waals surface area contributed by atoms with Crippen molar-refractivity contribution < 1.29 is 22.3 Å². The third kappa shape index (κ3) is 2.76. The summed E-state index contributed by atoms with van der Waals surface area (Å²) in [6, 6.07) is 5.09. The quantitative estimate of drug-likeness (QED) is 0.822. The minimum Gasteiger partial charge on any atom is -0.469 e. The summed E-state index contributed by atoms with van der Waals surface area (Å²) in [6.45, 7) is -0.0731. The highest BCUT2D eigenvalue weighted by Gasteiger charge is 2.51. The normalized spacial score (nSPS) is 16.9. The predicted octanol–water partition coefficient (Wildman–Crippen LogP) is 1.06. The Morgan fingerprint density at radius 3 is 2.58 bits per heavy atom. The zero-order valence-electron chi connectivity index (χ0n) is 10.3. The minimum atomic E-state index is -3.96. The first-order valence-corrected chi connectivity index (χ1v) is 7.22. The summed E-state index contributed by atoms with van der Waals surface area (Å²) >= 11 is 0. The first-order valence-electron chi connectivity index (χ1n) is 5.74. The van der Waals surface area contributed by atoms with Gasteiger partial charge in [-0.05, 0) is 25.0 Å². The number of esters is 1. The molecule has 1 fully saturated rings. The molecule has 1 aliphatic carbocycles. The van der Waals surface area contributed by atoms with E-state index < -0.39 is 32.1 Å². The van der Waals surface area contributed by atoms with Gasteiger partial charge in [-0.3, -0.25) is 4.79 Å².